The van der Waals surface area contributed by atoms with Gasteiger partial charge in [-0.2, -0.15) is 0 Å². The summed E-state index contributed by atoms with van der Waals surface area (Å²) in [7, 11) is 0. The third kappa shape index (κ3) is 3.96. The standard InChI is InChI=1S/C16H19NO3/c1-12(2)20-15-5-3-13(4-6-15)16(19)11-17-9-7-14(18)8-10-17/h3-10,12,16,19H,11H2,1-2H3. The zero-order valence-electron chi connectivity index (χ0n) is 11.7. The van der Waals surface area contributed by atoms with Crippen LogP contribution in [-0.2, 0) is 6.54 Å². The first-order chi connectivity index (χ1) is 9.54. The molecule has 2 aromatic rings. The largest absolute Gasteiger partial charge is 0.491 e. The second-order valence-electron chi connectivity index (χ2n) is 4.98. The summed E-state index contributed by atoms with van der Waals surface area (Å²) in [6, 6.07) is 10.4. The van der Waals surface area contributed by atoms with Crippen LogP contribution in [0.3, 0.4) is 0 Å². The van der Waals surface area contributed by atoms with E-state index in [1.165, 1.54) is 12.1 Å². The Kier molecular flexibility index (Phi) is 4.58. The predicted molar refractivity (Wildman–Crippen MR) is 77.9 cm³/mol. The van der Waals surface area contributed by atoms with Crippen molar-refractivity contribution in [3.8, 4) is 5.75 Å². The van der Waals surface area contributed by atoms with E-state index in [9.17, 15) is 9.90 Å². The van der Waals surface area contributed by atoms with Crippen molar-refractivity contribution < 1.29 is 9.84 Å². The van der Waals surface area contributed by atoms with Gasteiger partial charge in [-0.25, -0.2) is 0 Å². The third-order valence-electron chi connectivity index (χ3n) is 2.88. The van der Waals surface area contributed by atoms with Crippen LogP contribution in [0, 0.1) is 0 Å². The molecule has 0 bridgehead atoms. The zero-order valence-corrected chi connectivity index (χ0v) is 11.7. The smallest absolute Gasteiger partial charge is 0.181 e. The fourth-order valence-electron chi connectivity index (χ4n) is 1.91. The number of hydrogen-bond acceptors (Lipinski definition) is 3. The summed E-state index contributed by atoms with van der Waals surface area (Å²) in [6.07, 6.45) is 2.85. The van der Waals surface area contributed by atoms with Crippen LogP contribution in [0.1, 0.15) is 25.5 Å². The molecular formula is C16H19NO3. The molecule has 0 radical (unpaired) electrons. The van der Waals surface area contributed by atoms with Crippen molar-refractivity contribution >= 4 is 0 Å². The number of rotatable bonds is 5. The molecule has 1 heterocycles. The van der Waals surface area contributed by atoms with Crippen LogP contribution < -0.4 is 10.2 Å². The van der Waals surface area contributed by atoms with Crippen LogP contribution in [0.15, 0.2) is 53.6 Å². The number of aliphatic hydroxyl groups is 1. The predicted octanol–water partition coefficient (Wildman–Crippen LogP) is 2.37. The lowest BCUT2D eigenvalue weighted by Gasteiger charge is -2.15. The fraction of sp³-hybridized carbons (Fsp3) is 0.312. The lowest BCUT2D eigenvalue weighted by atomic mass is 10.1. The Morgan fingerprint density at radius 3 is 2.25 bits per heavy atom. The van der Waals surface area contributed by atoms with Gasteiger partial charge < -0.3 is 14.4 Å². The van der Waals surface area contributed by atoms with E-state index in [4.69, 9.17) is 4.74 Å². The molecule has 0 aliphatic heterocycles. The topological polar surface area (TPSA) is 51.5 Å². The monoisotopic (exact) mass is 273 g/mol. The number of benzene rings is 1. The van der Waals surface area contributed by atoms with Gasteiger partial charge in [0.25, 0.3) is 0 Å². The minimum absolute atomic E-state index is 0.0362. The maximum absolute atomic E-state index is 11.0. The summed E-state index contributed by atoms with van der Waals surface area (Å²) in [4.78, 5) is 11.0. The minimum atomic E-state index is -0.620. The highest BCUT2D eigenvalue weighted by Crippen LogP contribution is 2.19. The number of ether oxygens (including phenoxy) is 1. The van der Waals surface area contributed by atoms with Crippen LogP contribution in [0.25, 0.3) is 0 Å². The van der Waals surface area contributed by atoms with Gasteiger partial charge in [0.05, 0.1) is 18.8 Å². The van der Waals surface area contributed by atoms with Gasteiger partial charge >= 0.3 is 0 Å². The van der Waals surface area contributed by atoms with Crippen molar-refractivity contribution in [2.24, 2.45) is 0 Å². The second-order valence-corrected chi connectivity index (χ2v) is 4.98. The summed E-state index contributed by atoms with van der Waals surface area (Å²) in [5.41, 5.74) is 0.783. The quantitative estimate of drug-likeness (QED) is 0.910. The number of nitrogens with zero attached hydrogens (tertiary/aromatic N) is 1. The number of aliphatic hydroxyl groups excluding tert-OH is 1. The molecular weight excluding hydrogens is 254 g/mol. The molecule has 0 saturated carbocycles. The van der Waals surface area contributed by atoms with Crippen molar-refractivity contribution in [1.82, 2.24) is 4.57 Å². The first-order valence-corrected chi connectivity index (χ1v) is 6.65. The maximum Gasteiger partial charge on any atom is 0.181 e. The molecule has 106 valence electrons. The first-order valence-electron chi connectivity index (χ1n) is 6.65. The number of pyridine rings is 1. The van der Waals surface area contributed by atoms with Gasteiger partial charge in [-0.3, -0.25) is 4.79 Å². The van der Waals surface area contributed by atoms with Crippen LogP contribution in [-0.4, -0.2) is 15.8 Å². The zero-order chi connectivity index (χ0) is 14.5. The Bertz CT molecular complexity index is 581. The molecule has 4 nitrogen and oxygen atoms in total. The van der Waals surface area contributed by atoms with Crippen LogP contribution >= 0.6 is 0 Å². The molecule has 0 amide bonds. The van der Waals surface area contributed by atoms with E-state index in [0.29, 0.717) is 6.54 Å². The van der Waals surface area contributed by atoms with Gasteiger partial charge in [0.2, 0.25) is 0 Å². The molecule has 1 aromatic heterocycles. The van der Waals surface area contributed by atoms with Gasteiger partial charge in [0, 0.05) is 24.5 Å². The van der Waals surface area contributed by atoms with Crippen molar-refractivity contribution in [1.29, 1.82) is 0 Å². The lowest BCUT2D eigenvalue weighted by molar-refractivity contribution is 0.156. The number of aromatic nitrogens is 1. The van der Waals surface area contributed by atoms with E-state index in [-0.39, 0.29) is 11.5 Å². The Balaban J connectivity index is 2.03. The molecule has 0 fully saturated rings. The highest BCUT2D eigenvalue weighted by Gasteiger charge is 2.08. The molecule has 4 heteroatoms. The molecule has 20 heavy (non-hydrogen) atoms. The fourth-order valence-corrected chi connectivity index (χ4v) is 1.91. The lowest BCUT2D eigenvalue weighted by Crippen LogP contribution is -2.11. The van der Waals surface area contributed by atoms with Gasteiger partial charge in [-0.05, 0) is 31.5 Å². The summed E-state index contributed by atoms with van der Waals surface area (Å²) >= 11 is 0. The molecule has 1 unspecified atom stereocenters. The number of hydrogen-bond donors (Lipinski definition) is 1. The van der Waals surface area contributed by atoms with Gasteiger partial charge in [-0.1, -0.05) is 12.1 Å². The van der Waals surface area contributed by atoms with E-state index < -0.39 is 6.10 Å². The minimum Gasteiger partial charge on any atom is -0.491 e. The average molecular weight is 273 g/mol. The highest BCUT2D eigenvalue weighted by molar-refractivity contribution is 5.28. The molecule has 2 rings (SSSR count). The highest BCUT2D eigenvalue weighted by atomic mass is 16.5. The first kappa shape index (κ1) is 14.3. The SMILES string of the molecule is CC(C)Oc1ccc(C(O)Cn2ccc(=O)cc2)cc1. The Morgan fingerprint density at radius 2 is 1.70 bits per heavy atom. The second kappa shape index (κ2) is 6.39. The molecule has 0 saturated heterocycles. The van der Waals surface area contributed by atoms with E-state index in [2.05, 4.69) is 0 Å². The van der Waals surface area contributed by atoms with Gasteiger partial charge in [-0.15, -0.1) is 0 Å². The normalized spacial score (nSPS) is 12.4. The van der Waals surface area contributed by atoms with Crippen LogP contribution in [0.2, 0.25) is 0 Å². The third-order valence-corrected chi connectivity index (χ3v) is 2.88. The molecule has 0 aliphatic rings. The van der Waals surface area contributed by atoms with E-state index in [1.54, 1.807) is 17.0 Å². The van der Waals surface area contributed by atoms with E-state index in [1.807, 2.05) is 38.1 Å². The van der Waals surface area contributed by atoms with Crippen molar-refractivity contribution in [2.75, 3.05) is 0 Å². The summed E-state index contributed by atoms with van der Waals surface area (Å²) in [5, 5.41) is 10.2. The van der Waals surface area contributed by atoms with Gasteiger partial charge in [0.15, 0.2) is 5.43 Å². The molecule has 1 N–H and O–H groups in total. The molecule has 1 atom stereocenters. The summed E-state index contributed by atoms with van der Waals surface area (Å²) in [5.74, 6) is 0.791. The summed E-state index contributed by atoms with van der Waals surface area (Å²) in [6.45, 7) is 4.35. The van der Waals surface area contributed by atoms with Crippen molar-refractivity contribution in [3.63, 3.8) is 0 Å². The van der Waals surface area contributed by atoms with Crippen LogP contribution in [0.5, 0.6) is 5.75 Å². The summed E-state index contributed by atoms with van der Waals surface area (Å²) < 4.78 is 7.34. The Morgan fingerprint density at radius 1 is 1.10 bits per heavy atom. The maximum atomic E-state index is 11.0. The van der Waals surface area contributed by atoms with E-state index >= 15 is 0 Å². The average Bonchev–Trinajstić information content (AvgIpc) is 2.41. The Hall–Kier alpha value is -2.07. The van der Waals surface area contributed by atoms with Gasteiger partial charge in [0.1, 0.15) is 5.75 Å². The van der Waals surface area contributed by atoms with E-state index in [0.717, 1.165) is 11.3 Å². The van der Waals surface area contributed by atoms with Crippen LogP contribution in [0.4, 0.5) is 0 Å². The molecule has 1 aromatic carbocycles. The Labute approximate surface area is 118 Å². The van der Waals surface area contributed by atoms with Crippen molar-refractivity contribution in [2.45, 2.75) is 32.6 Å². The van der Waals surface area contributed by atoms with Crippen molar-refractivity contribution in [3.05, 3.63) is 64.6 Å². The molecule has 0 spiro atoms. The molecule has 0 aliphatic carbocycles.